The lowest BCUT2D eigenvalue weighted by atomic mass is 10.1. The van der Waals surface area contributed by atoms with Crippen LogP contribution >= 0.6 is 31.9 Å². The third-order valence-corrected chi connectivity index (χ3v) is 6.09. The van der Waals surface area contributed by atoms with Crippen LogP contribution in [0.4, 0.5) is 5.69 Å². The van der Waals surface area contributed by atoms with Crippen molar-refractivity contribution in [3.8, 4) is 11.5 Å². The monoisotopic (exact) mass is 478 g/mol. The van der Waals surface area contributed by atoms with Crippen molar-refractivity contribution in [2.45, 2.75) is 6.92 Å². The van der Waals surface area contributed by atoms with E-state index in [9.17, 15) is 4.79 Å². The summed E-state index contributed by atoms with van der Waals surface area (Å²) in [6, 6.07) is 11.2. The van der Waals surface area contributed by atoms with E-state index in [1.54, 1.807) is 20.3 Å². The zero-order chi connectivity index (χ0) is 18.8. The molecule has 7 heteroatoms. The molecule has 0 unspecified atom stereocenters. The quantitative estimate of drug-likeness (QED) is 0.577. The zero-order valence-electron chi connectivity index (χ0n) is 14.4. The predicted octanol–water partition coefficient (Wildman–Crippen LogP) is 5.03. The van der Waals surface area contributed by atoms with Crippen molar-refractivity contribution in [3.05, 3.63) is 56.5 Å². The molecule has 0 saturated heterocycles. The minimum atomic E-state index is -0.175. The summed E-state index contributed by atoms with van der Waals surface area (Å²) in [7, 11) is 3.14. The lowest BCUT2D eigenvalue weighted by Crippen LogP contribution is -2.21. The molecule has 2 aromatic carbocycles. The number of hydrogen-bond acceptors (Lipinski definition) is 4. The standard InChI is InChI=1S/C19H16Br2N2O3/c1-11-14(19(24)23(22-11)13-7-5-4-6-8-13)9-12-10-15(25-2)18(26-3)17(21)16(12)20/h4-10H,1-3H3/b14-9-. The number of para-hydroxylation sites is 1. The number of ether oxygens (including phenoxy) is 2. The third-order valence-electron chi connectivity index (χ3n) is 3.94. The van der Waals surface area contributed by atoms with Gasteiger partial charge in [0.15, 0.2) is 11.5 Å². The van der Waals surface area contributed by atoms with Gasteiger partial charge in [0, 0.05) is 4.47 Å². The number of hydrogen-bond donors (Lipinski definition) is 0. The number of nitrogens with zero attached hydrogens (tertiary/aromatic N) is 2. The van der Waals surface area contributed by atoms with Crippen LogP contribution in [0.15, 0.2) is 56.0 Å². The maximum atomic E-state index is 12.9. The fourth-order valence-electron chi connectivity index (χ4n) is 2.64. The fraction of sp³-hybridized carbons (Fsp3) is 0.158. The van der Waals surface area contributed by atoms with Crippen LogP contribution in [0.25, 0.3) is 6.08 Å². The second-order valence-corrected chi connectivity index (χ2v) is 7.11. The summed E-state index contributed by atoms with van der Waals surface area (Å²) in [4.78, 5) is 12.9. The normalized spacial score (nSPS) is 15.4. The Bertz CT molecular complexity index is 924. The van der Waals surface area contributed by atoms with Crippen LogP contribution in [-0.2, 0) is 4.79 Å². The van der Waals surface area contributed by atoms with E-state index in [2.05, 4.69) is 37.0 Å². The summed E-state index contributed by atoms with van der Waals surface area (Å²) in [5.74, 6) is 0.969. The molecule has 1 aliphatic heterocycles. The number of amides is 1. The molecule has 1 heterocycles. The van der Waals surface area contributed by atoms with E-state index in [4.69, 9.17) is 9.47 Å². The highest BCUT2D eigenvalue weighted by Gasteiger charge is 2.29. The Morgan fingerprint density at radius 1 is 1.08 bits per heavy atom. The first-order valence-corrected chi connectivity index (χ1v) is 9.33. The van der Waals surface area contributed by atoms with Gasteiger partial charge in [-0.3, -0.25) is 4.79 Å². The van der Waals surface area contributed by atoms with Crippen LogP contribution in [0.1, 0.15) is 12.5 Å². The first kappa shape index (κ1) is 18.7. The molecule has 0 aliphatic carbocycles. The highest BCUT2D eigenvalue weighted by atomic mass is 79.9. The maximum Gasteiger partial charge on any atom is 0.280 e. The predicted molar refractivity (Wildman–Crippen MR) is 110 cm³/mol. The van der Waals surface area contributed by atoms with Gasteiger partial charge in [-0.15, -0.1) is 0 Å². The van der Waals surface area contributed by atoms with Crippen LogP contribution in [-0.4, -0.2) is 25.8 Å². The SMILES string of the molecule is COc1cc(/C=C2\C(=O)N(c3ccccc3)N=C2C)c(Br)c(Br)c1OC. The van der Waals surface area contributed by atoms with Gasteiger partial charge in [-0.2, -0.15) is 10.1 Å². The van der Waals surface area contributed by atoms with Crippen molar-refractivity contribution in [1.29, 1.82) is 0 Å². The lowest BCUT2D eigenvalue weighted by Gasteiger charge is -2.14. The number of methoxy groups -OCH3 is 2. The lowest BCUT2D eigenvalue weighted by molar-refractivity contribution is -0.114. The van der Waals surface area contributed by atoms with Gasteiger partial charge in [0.05, 0.1) is 35.7 Å². The van der Waals surface area contributed by atoms with Crippen molar-refractivity contribution in [2.24, 2.45) is 5.10 Å². The summed E-state index contributed by atoms with van der Waals surface area (Å²) in [5.41, 5.74) is 2.68. The molecule has 0 aromatic heterocycles. The molecule has 5 nitrogen and oxygen atoms in total. The van der Waals surface area contributed by atoms with Crippen molar-refractivity contribution < 1.29 is 14.3 Å². The minimum Gasteiger partial charge on any atom is -0.493 e. The van der Waals surface area contributed by atoms with Crippen molar-refractivity contribution in [1.82, 2.24) is 0 Å². The Morgan fingerprint density at radius 2 is 1.77 bits per heavy atom. The molecule has 0 radical (unpaired) electrons. The molecule has 3 rings (SSSR count). The molecule has 26 heavy (non-hydrogen) atoms. The molecule has 0 atom stereocenters. The summed E-state index contributed by atoms with van der Waals surface area (Å²) in [6.45, 7) is 1.82. The number of halogens is 2. The molecular formula is C19H16Br2N2O3. The molecule has 2 aromatic rings. The molecule has 1 aliphatic rings. The molecule has 1 amide bonds. The average Bonchev–Trinajstić information content (AvgIpc) is 2.94. The Labute approximate surface area is 168 Å². The van der Waals surface area contributed by atoms with E-state index < -0.39 is 0 Å². The van der Waals surface area contributed by atoms with Gasteiger partial charge in [0.25, 0.3) is 5.91 Å². The number of anilines is 1. The summed E-state index contributed by atoms with van der Waals surface area (Å²) < 4.78 is 12.2. The second-order valence-electron chi connectivity index (χ2n) is 5.53. The summed E-state index contributed by atoms with van der Waals surface area (Å²) in [5, 5.41) is 5.80. The maximum absolute atomic E-state index is 12.9. The van der Waals surface area contributed by atoms with Gasteiger partial charge in [-0.05, 0) is 68.6 Å². The molecule has 0 N–H and O–H groups in total. The fourth-order valence-corrected chi connectivity index (χ4v) is 3.63. The number of hydrazone groups is 1. The highest BCUT2D eigenvalue weighted by Crippen LogP contribution is 2.43. The molecule has 0 saturated carbocycles. The summed E-state index contributed by atoms with van der Waals surface area (Å²) >= 11 is 7.05. The van der Waals surface area contributed by atoms with Gasteiger partial charge in [0.2, 0.25) is 0 Å². The van der Waals surface area contributed by atoms with Crippen LogP contribution in [0.2, 0.25) is 0 Å². The second kappa shape index (κ2) is 7.63. The van der Waals surface area contributed by atoms with Gasteiger partial charge in [-0.1, -0.05) is 18.2 Å². The third kappa shape index (κ3) is 3.29. The Balaban J connectivity index is 2.05. The van der Waals surface area contributed by atoms with E-state index in [0.29, 0.717) is 27.3 Å². The van der Waals surface area contributed by atoms with Gasteiger partial charge >= 0.3 is 0 Å². The van der Waals surface area contributed by atoms with E-state index in [0.717, 1.165) is 15.7 Å². The Hall–Kier alpha value is -2.12. The van der Waals surface area contributed by atoms with E-state index >= 15 is 0 Å². The van der Waals surface area contributed by atoms with E-state index in [1.807, 2.05) is 43.3 Å². The topological polar surface area (TPSA) is 51.1 Å². The van der Waals surface area contributed by atoms with Gasteiger partial charge < -0.3 is 9.47 Å². The van der Waals surface area contributed by atoms with E-state index in [-0.39, 0.29) is 5.91 Å². The number of rotatable bonds is 4. The molecule has 0 spiro atoms. The highest BCUT2D eigenvalue weighted by molar-refractivity contribution is 9.13. The van der Waals surface area contributed by atoms with Crippen molar-refractivity contribution in [3.63, 3.8) is 0 Å². The van der Waals surface area contributed by atoms with Crippen LogP contribution in [0, 0.1) is 0 Å². The molecule has 0 fully saturated rings. The first-order chi connectivity index (χ1) is 12.5. The molecule has 134 valence electrons. The molecule has 0 bridgehead atoms. The van der Waals surface area contributed by atoms with Crippen LogP contribution < -0.4 is 14.5 Å². The largest absolute Gasteiger partial charge is 0.493 e. The smallest absolute Gasteiger partial charge is 0.280 e. The zero-order valence-corrected chi connectivity index (χ0v) is 17.6. The van der Waals surface area contributed by atoms with Crippen LogP contribution in [0.3, 0.4) is 0 Å². The Kier molecular flexibility index (Phi) is 5.48. The average molecular weight is 480 g/mol. The number of benzene rings is 2. The number of carbonyl (C=O) groups excluding carboxylic acids is 1. The summed E-state index contributed by atoms with van der Waals surface area (Å²) in [6.07, 6.45) is 1.79. The first-order valence-electron chi connectivity index (χ1n) is 7.74. The Morgan fingerprint density at radius 3 is 2.38 bits per heavy atom. The van der Waals surface area contributed by atoms with Crippen molar-refractivity contribution in [2.75, 3.05) is 19.2 Å². The number of carbonyl (C=O) groups is 1. The van der Waals surface area contributed by atoms with Crippen LogP contribution in [0.5, 0.6) is 11.5 Å². The van der Waals surface area contributed by atoms with Crippen molar-refractivity contribution >= 4 is 55.2 Å². The van der Waals surface area contributed by atoms with E-state index in [1.165, 1.54) is 5.01 Å². The molecular weight excluding hydrogens is 464 g/mol. The van der Waals surface area contributed by atoms with Gasteiger partial charge in [0.1, 0.15) is 0 Å². The minimum absolute atomic E-state index is 0.175. The van der Waals surface area contributed by atoms with Gasteiger partial charge in [-0.25, -0.2) is 0 Å².